The maximum atomic E-state index is 13.1. The zero-order valence-electron chi connectivity index (χ0n) is 22.3. The number of rotatable bonds is 6. The highest BCUT2D eigenvalue weighted by atomic mass is 35.5. The van der Waals surface area contributed by atoms with Crippen LogP contribution in [0.2, 0.25) is 5.02 Å². The smallest absolute Gasteiger partial charge is 0.407 e. The average molecular weight is 529 g/mol. The van der Waals surface area contributed by atoms with E-state index in [9.17, 15) is 4.79 Å². The van der Waals surface area contributed by atoms with Crippen LogP contribution in [0.1, 0.15) is 52.1 Å². The lowest BCUT2D eigenvalue weighted by molar-refractivity contribution is -0.0361. The number of amides is 1. The summed E-state index contributed by atoms with van der Waals surface area (Å²) in [7, 11) is 1.64. The Bertz CT molecular complexity index is 1160. The van der Waals surface area contributed by atoms with E-state index in [-0.39, 0.29) is 29.8 Å². The van der Waals surface area contributed by atoms with Crippen molar-refractivity contribution in [2.75, 3.05) is 33.4 Å². The van der Waals surface area contributed by atoms with Crippen LogP contribution in [0.4, 0.5) is 4.79 Å². The van der Waals surface area contributed by atoms with Crippen LogP contribution >= 0.6 is 11.6 Å². The number of fused-ring (bicyclic) bond motifs is 4. The van der Waals surface area contributed by atoms with Crippen LogP contribution in [-0.2, 0) is 4.74 Å². The van der Waals surface area contributed by atoms with E-state index in [2.05, 4.69) is 24.1 Å². The van der Waals surface area contributed by atoms with Gasteiger partial charge in [-0.2, -0.15) is 0 Å². The van der Waals surface area contributed by atoms with Gasteiger partial charge in [-0.3, -0.25) is 4.90 Å². The molecule has 3 fully saturated rings. The van der Waals surface area contributed by atoms with Crippen molar-refractivity contribution in [3.8, 4) is 28.4 Å². The Balaban J connectivity index is 1.41. The Morgan fingerprint density at radius 2 is 1.92 bits per heavy atom. The fourth-order valence-electron chi connectivity index (χ4n) is 5.71. The van der Waals surface area contributed by atoms with Crippen molar-refractivity contribution in [2.45, 2.75) is 58.8 Å². The van der Waals surface area contributed by atoms with Gasteiger partial charge in [0.1, 0.15) is 23.4 Å². The number of benzene rings is 2. The van der Waals surface area contributed by atoms with E-state index in [1.165, 1.54) is 0 Å². The molecule has 4 aliphatic rings. The summed E-state index contributed by atoms with van der Waals surface area (Å²) in [6, 6.07) is 9.33. The largest absolute Gasteiger partial charge is 0.496 e. The van der Waals surface area contributed by atoms with E-state index in [0.29, 0.717) is 34.8 Å². The Hall–Kier alpha value is -2.64. The fraction of sp³-hybridized carbons (Fsp3) is 0.552. The molecule has 0 spiro atoms. The second kappa shape index (κ2) is 10.3. The van der Waals surface area contributed by atoms with Crippen LogP contribution in [-0.4, -0.2) is 56.6 Å². The fourth-order valence-corrected chi connectivity index (χ4v) is 5.94. The van der Waals surface area contributed by atoms with Crippen molar-refractivity contribution in [3.05, 3.63) is 40.9 Å². The third kappa shape index (κ3) is 5.34. The zero-order chi connectivity index (χ0) is 26.3. The maximum Gasteiger partial charge on any atom is 0.407 e. The number of ether oxygens (including phenoxy) is 4. The number of hydrogen-bond donors (Lipinski definition) is 1. The SMILES string of the molecule is COc1cc2c(cc1-c1ccc(OC(C)C)c(Cl)c1)OCC(C)(C)C2NC(=O)O[C@H]1CN2CCC1CC2. The molecule has 4 heterocycles. The highest BCUT2D eigenvalue weighted by Gasteiger charge is 2.41. The molecule has 3 saturated heterocycles. The second-order valence-electron chi connectivity index (χ2n) is 11.3. The summed E-state index contributed by atoms with van der Waals surface area (Å²) in [5, 5.41) is 3.70. The summed E-state index contributed by atoms with van der Waals surface area (Å²) < 4.78 is 23.7. The Morgan fingerprint density at radius 1 is 1.16 bits per heavy atom. The van der Waals surface area contributed by atoms with Crippen LogP contribution in [0.15, 0.2) is 30.3 Å². The molecular formula is C29H37ClN2O5. The van der Waals surface area contributed by atoms with Crippen molar-refractivity contribution in [2.24, 2.45) is 11.3 Å². The van der Waals surface area contributed by atoms with Crippen LogP contribution in [0.3, 0.4) is 0 Å². The van der Waals surface area contributed by atoms with Gasteiger partial charge in [-0.1, -0.05) is 31.5 Å². The van der Waals surface area contributed by atoms with Crippen LogP contribution in [0.25, 0.3) is 11.1 Å². The van der Waals surface area contributed by atoms with E-state index in [0.717, 1.165) is 49.2 Å². The van der Waals surface area contributed by atoms with Crippen molar-refractivity contribution < 1.29 is 23.7 Å². The molecule has 2 atom stereocenters. The quantitative estimate of drug-likeness (QED) is 0.490. The minimum absolute atomic E-state index is 0.0280. The molecule has 37 heavy (non-hydrogen) atoms. The second-order valence-corrected chi connectivity index (χ2v) is 11.7. The standard InChI is InChI=1S/C29H37ClN2O5/c1-17(2)36-23-7-6-19(12-22(23)30)20-13-25-21(14-24(20)34-5)27(29(3,4)16-35-25)31-28(33)37-26-15-32-10-8-18(26)9-11-32/h6-7,12-14,17-18,26-27H,8-11,15-16H2,1-5H3,(H,31,33)/t26-,27?/m0/s1. The van der Waals surface area contributed by atoms with E-state index in [4.69, 9.17) is 30.5 Å². The lowest BCUT2D eigenvalue weighted by atomic mass is 9.78. The molecule has 2 aromatic rings. The van der Waals surface area contributed by atoms with Gasteiger partial charge in [0.25, 0.3) is 0 Å². The number of nitrogens with zero attached hydrogens (tertiary/aromatic N) is 1. The molecule has 1 N–H and O–H groups in total. The first kappa shape index (κ1) is 26.0. The first-order valence-electron chi connectivity index (χ1n) is 13.2. The van der Waals surface area contributed by atoms with Gasteiger partial charge in [0.05, 0.1) is 30.9 Å². The molecular weight excluding hydrogens is 492 g/mol. The first-order chi connectivity index (χ1) is 17.6. The van der Waals surface area contributed by atoms with Crippen molar-refractivity contribution in [1.29, 1.82) is 0 Å². The molecule has 1 unspecified atom stereocenters. The van der Waals surface area contributed by atoms with Gasteiger partial charge in [-0.15, -0.1) is 0 Å². The third-order valence-corrected chi connectivity index (χ3v) is 8.04. The van der Waals surface area contributed by atoms with Gasteiger partial charge >= 0.3 is 6.09 Å². The molecule has 2 bridgehead atoms. The Kier molecular flexibility index (Phi) is 7.20. The number of carbonyl (C=O) groups excluding carboxylic acids is 1. The summed E-state index contributed by atoms with van der Waals surface area (Å²) in [6.45, 7) is 11.6. The summed E-state index contributed by atoms with van der Waals surface area (Å²) in [4.78, 5) is 15.5. The van der Waals surface area contributed by atoms with Crippen molar-refractivity contribution >= 4 is 17.7 Å². The minimum Gasteiger partial charge on any atom is -0.496 e. The van der Waals surface area contributed by atoms with Gasteiger partial charge in [0.15, 0.2) is 0 Å². The van der Waals surface area contributed by atoms with Crippen LogP contribution < -0.4 is 19.5 Å². The predicted octanol–water partition coefficient (Wildman–Crippen LogP) is 6.08. The first-order valence-corrected chi connectivity index (χ1v) is 13.5. The minimum atomic E-state index is -0.375. The monoisotopic (exact) mass is 528 g/mol. The molecule has 1 amide bonds. The number of nitrogens with one attached hydrogen (secondary N) is 1. The number of hydrogen-bond acceptors (Lipinski definition) is 6. The molecule has 200 valence electrons. The Morgan fingerprint density at radius 3 is 2.54 bits per heavy atom. The van der Waals surface area contributed by atoms with E-state index in [1.807, 2.05) is 44.2 Å². The lowest BCUT2D eigenvalue weighted by Crippen LogP contribution is -2.53. The highest BCUT2D eigenvalue weighted by Crippen LogP contribution is 2.48. The molecule has 7 nitrogen and oxygen atoms in total. The van der Waals surface area contributed by atoms with Gasteiger partial charge < -0.3 is 24.3 Å². The van der Waals surface area contributed by atoms with Crippen LogP contribution in [0, 0.1) is 11.3 Å². The van der Waals surface area contributed by atoms with E-state index < -0.39 is 0 Å². The predicted molar refractivity (Wildman–Crippen MR) is 144 cm³/mol. The summed E-state index contributed by atoms with van der Waals surface area (Å²) in [5.74, 6) is 2.48. The normalized spacial score (nSPS) is 25.7. The Labute approximate surface area is 224 Å². The highest BCUT2D eigenvalue weighted by molar-refractivity contribution is 6.32. The molecule has 0 saturated carbocycles. The maximum absolute atomic E-state index is 13.1. The zero-order valence-corrected chi connectivity index (χ0v) is 23.1. The van der Waals surface area contributed by atoms with Crippen molar-refractivity contribution in [3.63, 3.8) is 0 Å². The summed E-state index contributed by atoms with van der Waals surface area (Å²) in [5.41, 5.74) is 2.27. The van der Waals surface area contributed by atoms with Crippen molar-refractivity contribution in [1.82, 2.24) is 10.2 Å². The number of alkyl carbamates (subject to hydrolysis) is 1. The molecule has 4 aliphatic heterocycles. The molecule has 6 rings (SSSR count). The van der Waals surface area contributed by atoms with E-state index >= 15 is 0 Å². The van der Waals surface area contributed by atoms with Gasteiger partial charge in [-0.05, 0) is 75.5 Å². The third-order valence-electron chi connectivity index (χ3n) is 7.75. The molecule has 0 aliphatic carbocycles. The van der Waals surface area contributed by atoms with E-state index in [1.54, 1.807) is 7.11 Å². The number of halogens is 1. The lowest BCUT2D eigenvalue weighted by Gasteiger charge is -2.44. The molecule has 8 heteroatoms. The topological polar surface area (TPSA) is 69.3 Å². The van der Waals surface area contributed by atoms with Crippen LogP contribution in [0.5, 0.6) is 17.2 Å². The number of piperidine rings is 3. The van der Waals surface area contributed by atoms with Gasteiger partial charge in [-0.25, -0.2) is 4.79 Å². The average Bonchev–Trinajstić information content (AvgIpc) is 2.87. The van der Waals surface area contributed by atoms with Gasteiger partial charge in [0.2, 0.25) is 0 Å². The molecule has 0 radical (unpaired) electrons. The summed E-state index contributed by atoms with van der Waals surface area (Å²) >= 11 is 6.52. The molecule has 0 aromatic heterocycles. The molecule has 2 aromatic carbocycles. The van der Waals surface area contributed by atoms with Gasteiger partial charge in [0, 0.05) is 23.1 Å². The number of carbonyl (C=O) groups is 1. The summed E-state index contributed by atoms with van der Waals surface area (Å²) in [6.07, 6.45) is 1.80. The number of methoxy groups -OCH3 is 1.